The summed E-state index contributed by atoms with van der Waals surface area (Å²) in [6.45, 7) is 0. The molecule has 0 unspecified atom stereocenters. The van der Waals surface area contributed by atoms with Gasteiger partial charge >= 0.3 is 0 Å². The number of ketones is 1. The van der Waals surface area contributed by atoms with Gasteiger partial charge in [-0.3, -0.25) is 4.79 Å². The molecule has 0 aromatic heterocycles. The zero-order chi connectivity index (χ0) is 16.6. The van der Waals surface area contributed by atoms with Crippen molar-refractivity contribution in [2.24, 2.45) is 0 Å². The molecule has 3 rings (SSSR count). The van der Waals surface area contributed by atoms with Crippen LogP contribution < -0.4 is 14.2 Å². The van der Waals surface area contributed by atoms with E-state index in [-0.39, 0.29) is 40.8 Å². The smallest absolute Gasteiger partial charge is 0.204 e. The van der Waals surface area contributed by atoms with Crippen molar-refractivity contribution >= 4 is 5.78 Å². The molecule has 23 heavy (non-hydrogen) atoms. The Hall–Kier alpha value is -2.89. The van der Waals surface area contributed by atoms with Gasteiger partial charge in [0.2, 0.25) is 5.75 Å². The van der Waals surface area contributed by atoms with Crippen LogP contribution in [0.25, 0.3) is 0 Å². The number of Topliss-reactive ketones (excluding diaryl/α,β-unsaturated/α-hetero) is 1. The van der Waals surface area contributed by atoms with Crippen LogP contribution in [0.1, 0.15) is 28.4 Å². The predicted molar refractivity (Wildman–Crippen MR) is 81.6 cm³/mol. The molecule has 0 bridgehead atoms. The molecule has 1 aliphatic rings. The number of carbonyl (C=O) groups excluding carboxylic acids is 1. The molecule has 2 aromatic rings. The van der Waals surface area contributed by atoms with E-state index in [0.717, 1.165) is 6.07 Å². The summed E-state index contributed by atoms with van der Waals surface area (Å²) < 4.78 is 16.3. The van der Waals surface area contributed by atoms with Crippen LogP contribution in [0.4, 0.5) is 0 Å². The van der Waals surface area contributed by atoms with Gasteiger partial charge < -0.3 is 24.4 Å². The summed E-state index contributed by atoms with van der Waals surface area (Å²) in [6, 6.07) is 8.28. The average molecular weight is 316 g/mol. The van der Waals surface area contributed by atoms with Crippen molar-refractivity contribution in [2.75, 3.05) is 14.2 Å². The van der Waals surface area contributed by atoms with Crippen LogP contribution in [0.2, 0.25) is 0 Å². The van der Waals surface area contributed by atoms with E-state index in [0.29, 0.717) is 11.3 Å². The van der Waals surface area contributed by atoms with Gasteiger partial charge in [-0.05, 0) is 6.07 Å². The molecule has 0 saturated heterocycles. The zero-order valence-electron chi connectivity index (χ0n) is 12.7. The largest absolute Gasteiger partial charge is 0.507 e. The maximum Gasteiger partial charge on any atom is 0.204 e. The van der Waals surface area contributed by atoms with Crippen molar-refractivity contribution in [3.63, 3.8) is 0 Å². The third kappa shape index (κ3) is 2.42. The van der Waals surface area contributed by atoms with Crippen molar-refractivity contribution in [3.8, 4) is 28.7 Å². The molecule has 0 aliphatic carbocycles. The van der Waals surface area contributed by atoms with E-state index in [1.54, 1.807) is 12.1 Å². The fraction of sp³-hybridized carbons (Fsp3) is 0.235. The second-order valence-corrected chi connectivity index (χ2v) is 5.13. The molecule has 1 heterocycles. The molecule has 6 heteroatoms. The average Bonchev–Trinajstić information content (AvgIpc) is 2.54. The van der Waals surface area contributed by atoms with E-state index in [1.165, 1.54) is 14.2 Å². The van der Waals surface area contributed by atoms with Crippen LogP contribution in [0, 0.1) is 0 Å². The lowest BCUT2D eigenvalue weighted by Crippen LogP contribution is -2.21. The van der Waals surface area contributed by atoms with Crippen LogP contribution in [-0.2, 0) is 0 Å². The molecular weight excluding hydrogens is 300 g/mol. The van der Waals surface area contributed by atoms with Crippen LogP contribution in [-0.4, -0.2) is 30.2 Å². The fourth-order valence-electron chi connectivity index (χ4n) is 2.75. The van der Waals surface area contributed by atoms with E-state index < -0.39 is 6.10 Å². The zero-order valence-corrected chi connectivity index (χ0v) is 12.7. The summed E-state index contributed by atoms with van der Waals surface area (Å²) in [6.07, 6.45) is -0.546. The SMILES string of the molecule is COc1ccccc1[C@H]1CC(=O)c2c(O)cc(O)c(OC)c2O1. The molecule has 2 aromatic carbocycles. The van der Waals surface area contributed by atoms with Gasteiger partial charge in [0.25, 0.3) is 0 Å². The van der Waals surface area contributed by atoms with E-state index in [4.69, 9.17) is 14.2 Å². The number of benzene rings is 2. The molecular formula is C17H16O6. The molecule has 0 saturated carbocycles. The quantitative estimate of drug-likeness (QED) is 0.905. The first-order valence-corrected chi connectivity index (χ1v) is 7.02. The molecule has 0 amide bonds. The molecule has 0 radical (unpaired) electrons. The van der Waals surface area contributed by atoms with E-state index in [9.17, 15) is 15.0 Å². The Labute approximate surface area is 132 Å². The molecule has 1 aliphatic heterocycles. The summed E-state index contributed by atoms with van der Waals surface area (Å²) in [5.74, 6) is -0.267. The number of rotatable bonds is 3. The van der Waals surface area contributed by atoms with Crippen LogP contribution in [0.3, 0.4) is 0 Å². The van der Waals surface area contributed by atoms with Crippen LogP contribution in [0.5, 0.6) is 28.7 Å². The minimum atomic E-state index is -0.596. The minimum absolute atomic E-state index is 0.0192. The highest BCUT2D eigenvalue weighted by molar-refractivity contribution is 6.03. The van der Waals surface area contributed by atoms with Crippen molar-refractivity contribution in [1.29, 1.82) is 0 Å². The first-order valence-electron chi connectivity index (χ1n) is 7.02. The van der Waals surface area contributed by atoms with Crippen LogP contribution in [0.15, 0.2) is 30.3 Å². The normalized spacial score (nSPS) is 16.4. The topological polar surface area (TPSA) is 85.2 Å². The molecule has 1 atom stereocenters. The third-order valence-corrected chi connectivity index (χ3v) is 3.80. The first kappa shape index (κ1) is 15.0. The number of phenolic OH excluding ortho intramolecular Hbond substituents is 2. The van der Waals surface area contributed by atoms with Gasteiger partial charge in [0, 0.05) is 11.6 Å². The third-order valence-electron chi connectivity index (χ3n) is 3.80. The van der Waals surface area contributed by atoms with Crippen molar-refractivity contribution in [1.82, 2.24) is 0 Å². The Morgan fingerprint density at radius 2 is 1.87 bits per heavy atom. The number of aromatic hydroxyl groups is 2. The fourth-order valence-corrected chi connectivity index (χ4v) is 2.75. The van der Waals surface area contributed by atoms with Crippen molar-refractivity contribution in [3.05, 3.63) is 41.5 Å². The molecule has 2 N–H and O–H groups in total. The minimum Gasteiger partial charge on any atom is -0.507 e. The Morgan fingerprint density at radius 3 is 2.57 bits per heavy atom. The highest BCUT2D eigenvalue weighted by Gasteiger charge is 2.35. The highest BCUT2D eigenvalue weighted by Crippen LogP contribution is 2.50. The van der Waals surface area contributed by atoms with Crippen molar-refractivity contribution < 1.29 is 29.2 Å². The maximum atomic E-state index is 12.5. The number of phenols is 2. The lowest BCUT2D eigenvalue weighted by molar-refractivity contribution is 0.0833. The van der Waals surface area contributed by atoms with E-state index in [2.05, 4.69) is 0 Å². The van der Waals surface area contributed by atoms with Crippen LogP contribution >= 0.6 is 0 Å². The number of carbonyl (C=O) groups is 1. The molecule has 0 fully saturated rings. The highest BCUT2D eigenvalue weighted by atomic mass is 16.5. The van der Waals surface area contributed by atoms with Gasteiger partial charge in [0.05, 0.1) is 20.6 Å². The maximum absolute atomic E-state index is 12.5. The number of ether oxygens (including phenoxy) is 3. The van der Waals surface area contributed by atoms with Gasteiger partial charge in [-0.2, -0.15) is 0 Å². The molecule has 0 spiro atoms. The second-order valence-electron chi connectivity index (χ2n) is 5.13. The van der Waals surface area contributed by atoms with Gasteiger partial charge in [0.15, 0.2) is 17.3 Å². The van der Waals surface area contributed by atoms with Crippen molar-refractivity contribution in [2.45, 2.75) is 12.5 Å². The first-order chi connectivity index (χ1) is 11.1. The van der Waals surface area contributed by atoms with Gasteiger partial charge in [-0.15, -0.1) is 0 Å². The van der Waals surface area contributed by atoms with Gasteiger partial charge in [-0.25, -0.2) is 0 Å². The van der Waals surface area contributed by atoms with E-state index >= 15 is 0 Å². The Balaban J connectivity index is 2.11. The number of para-hydroxylation sites is 1. The Bertz CT molecular complexity index is 768. The Kier molecular flexibility index (Phi) is 3.73. The number of hydrogen-bond acceptors (Lipinski definition) is 6. The lowest BCUT2D eigenvalue weighted by atomic mass is 9.94. The summed E-state index contributed by atoms with van der Waals surface area (Å²) in [4.78, 5) is 12.5. The standard InChI is InChI=1S/C17H16O6/c1-21-13-6-4-3-5-9(13)14-8-11(19)15-10(18)7-12(20)16(22-2)17(15)23-14/h3-7,14,18,20H,8H2,1-2H3/t14-/m1/s1. The summed E-state index contributed by atoms with van der Waals surface area (Å²) in [5, 5.41) is 19.8. The van der Waals surface area contributed by atoms with E-state index in [1.807, 2.05) is 12.1 Å². The lowest BCUT2D eigenvalue weighted by Gasteiger charge is -2.28. The summed E-state index contributed by atoms with van der Waals surface area (Å²) in [7, 11) is 2.89. The predicted octanol–water partition coefficient (Wildman–Crippen LogP) is 2.82. The summed E-state index contributed by atoms with van der Waals surface area (Å²) >= 11 is 0. The second kappa shape index (κ2) is 5.72. The molecule has 120 valence electrons. The number of fused-ring (bicyclic) bond motifs is 1. The Morgan fingerprint density at radius 1 is 1.13 bits per heavy atom. The number of hydrogen-bond donors (Lipinski definition) is 2. The molecule has 6 nitrogen and oxygen atoms in total. The van der Waals surface area contributed by atoms with Gasteiger partial charge in [-0.1, -0.05) is 18.2 Å². The summed E-state index contributed by atoms with van der Waals surface area (Å²) in [5.41, 5.74) is 0.727. The van der Waals surface area contributed by atoms with Gasteiger partial charge in [0.1, 0.15) is 23.2 Å². The monoisotopic (exact) mass is 316 g/mol. The number of methoxy groups -OCH3 is 2.